The highest BCUT2D eigenvalue weighted by Gasteiger charge is 2.17. The Morgan fingerprint density at radius 1 is 1.32 bits per heavy atom. The van der Waals surface area contributed by atoms with E-state index in [2.05, 4.69) is 22.2 Å². The maximum Gasteiger partial charge on any atom is 0.244 e. The minimum Gasteiger partial charge on any atom is -0.437 e. The Morgan fingerprint density at radius 3 is 2.92 bits per heavy atom. The van der Waals surface area contributed by atoms with E-state index in [1.54, 1.807) is 6.08 Å². The van der Waals surface area contributed by atoms with E-state index in [0.29, 0.717) is 12.4 Å². The van der Waals surface area contributed by atoms with Crippen molar-refractivity contribution in [3.05, 3.63) is 36.2 Å². The van der Waals surface area contributed by atoms with Gasteiger partial charge in [0.05, 0.1) is 0 Å². The second kappa shape index (κ2) is 8.81. The number of rotatable bonds is 7. The summed E-state index contributed by atoms with van der Waals surface area (Å²) in [7, 11) is 2.20. The zero-order chi connectivity index (χ0) is 17.5. The van der Waals surface area contributed by atoms with Gasteiger partial charge in [-0.15, -0.1) is 0 Å². The average molecular weight is 341 g/mol. The van der Waals surface area contributed by atoms with Crippen molar-refractivity contribution < 1.29 is 9.21 Å². The zero-order valence-corrected chi connectivity index (χ0v) is 14.9. The molecule has 3 rings (SSSR count). The maximum atomic E-state index is 11.9. The molecule has 0 unspecified atom stereocenters. The van der Waals surface area contributed by atoms with E-state index >= 15 is 0 Å². The van der Waals surface area contributed by atoms with Crippen LogP contribution in [0.25, 0.3) is 17.2 Å². The van der Waals surface area contributed by atoms with Gasteiger partial charge in [-0.1, -0.05) is 31.4 Å². The minimum atomic E-state index is -0.109. The Morgan fingerprint density at radius 2 is 2.12 bits per heavy atom. The highest BCUT2D eigenvalue weighted by atomic mass is 16.3. The zero-order valence-electron chi connectivity index (χ0n) is 14.9. The van der Waals surface area contributed by atoms with Crippen molar-refractivity contribution in [3.8, 4) is 0 Å². The van der Waals surface area contributed by atoms with Crippen molar-refractivity contribution in [2.75, 3.05) is 20.1 Å². The second-order valence-electron chi connectivity index (χ2n) is 6.77. The first-order valence-corrected chi connectivity index (χ1v) is 9.24. The third-order valence-corrected chi connectivity index (χ3v) is 4.87. The Labute approximate surface area is 149 Å². The lowest BCUT2D eigenvalue weighted by atomic mass is 9.94. The Bertz CT molecular complexity index is 684. The molecule has 1 saturated carbocycles. The molecule has 134 valence electrons. The largest absolute Gasteiger partial charge is 0.437 e. The summed E-state index contributed by atoms with van der Waals surface area (Å²) in [5.41, 5.74) is 1.53. The van der Waals surface area contributed by atoms with E-state index in [1.807, 2.05) is 24.3 Å². The fourth-order valence-corrected chi connectivity index (χ4v) is 3.41. The van der Waals surface area contributed by atoms with Gasteiger partial charge < -0.3 is 14.6 Å². The van der Waals surface area contributed by atoms with Gasteiger partial charge in [0.25, 0.3) is 0 Å². The van der Waals surface area contributed by atoms with Crippen LogP contribution in [0, 0.1) is 0 Å². The quantitative estimate of drug-likeness (QED) is 0.617. The van der Waals surface area contributed by atoms with Crippen molar-refractivity contribution >= 4 is 23.1 Å². The van der Waals surface area contributed by atoms with Crippen LogP contribution in [0.2, 0.25) is 0 Å². The van der Waals surface area contributed by atoms with E-state index in [-0.39, 0.29) is 5.91 Å². The number of nitrogens with one attached hydrogen (secondary N) is 1. The normalized spacial score (nSPS) is 16.1. The topological polar surface area (TPSA) is 58.4 Å². The summed E-state index contributed by atoms with van der Waals surface area (Å²) in [5.74, 6) is 0.343. The molecule has 5 heteroatoms. The number of oxazole rings is 1. The number of hydrogen-bond donors (Lipinski definition) is 1. The van der Waals surface area contributed by atoms with Crippen LogP contribution >= 0.6 is 0 Å². The molecule has 0 radical (unpaired) electrons. The summed E-state index contributed by atoms with van der Waals surface area (Å²) in [5, 5.41) is 2.92. The first kappa shape index (κ1) is 17.7. The number of amides is 1. The Hall–Kier alpha value is -2.14. The van der Waals surface area contributed by atoms with Gasteiger partial charge in [0.2, 0.25) is 11.8 Å². The fraction of sp³-hybridized carbons (Fsp3) is 0.500. The molecular formula is C20H27N3O2. The SMILES string of the molecule is CN(CCCNC(=O)/C=C/c1nc2ccccc2o1)C1CCCCC1. The van der Waals surface area contributed by atoms with Crippen LogP contribution in [-0.2, 0) is 4.79 Å². The second-order valence-corrected chi connectivity index (χ2v) is 6.77. The number of benzene rings is 1. The molecule has 0 bridgehead atoms. The van der Waals surface area contributed by atoms with E-state index in [4.69, 9.17) is 4.42 Å². The third-order valence-electron chi connectivity index (χ3n) is 4.87. The number of carbonyl (C=O) groups excluding carboxylic acids is 1. The van der Waals surface area contributed by atoms with E-state index in [0.717, 1.165) is 30.1 Å². The lowest BCUT2D eigenvalue weighted by Crippen LogP contribution is -2.35. The highest BCUT2D eigenvalue weighted by molar-refractivity contribution is 5.91. The van der Waals surface area contributed by atoms with Crippen LogP contribution in [0.3, 0.4) is 0 Å². The first-order chi connectivity index (χ1) is 12.2. The summed E-state index contributed by atoms with van der Waals surface area (Å²) < 4.78 is 5.56. The molecule has 0 saturated heterocycles. The highest BCUT2D eigenvalue weighted by Crippen LogP contribution is 2.21. The molecule has 1 N–H and O–H groups in total. The van der Waals surface area contributed by atoms with Crippen LogP contribution < -0.4 is 5.32 Å². The monoisotopic (exact) mass is 341 g/mol. The molecule has 1 aliphatic rings. The molecule has 2 aromatic rings. The standard InChI is InChI=1S/C20H27N3O2/c1-23(16-8-3-2-4-9-16)15-7-14-21-19(24)12-13-20-22-17-10-5-6-11-18(17)25-20/h5-6,10-13,16H,2-4,7-9,14-15H2,1H3,(H,21,24)/b13-12+. The van der Waals surface area contributed by atoms with E-state index in [9.17, 15) is 4.79 Å². The van der Waals surface area contributed by atoms with Gasteiger partial charge in [-0.3, -0.25) is 4.79 Å². The van der Waals surface area contributed by atoms with Crippen molar-refractivity contribution in [3.63, 3.8) is 0 Å². The molecule has 1 aromatic heterocycles. The van der Waals surface area contributed by atoms with Gasteiger partial charge in [0, 0.05) is 24.7 Å². The molecule has 5 nitrogen and oxygen atoms in total. The summed E-state index contributed by atoms with van der Waals surface area (Å²) in [6.07, 6.45) is 10.8. The Kier molecular flexibility index (Phi) is 6.23. The lowest BCUT2D eigenvalue weighted by Gasteiger charge is -2.31. The third kappa shape index (κ3) is 5.16. The van der Waals surface area contributed by atoms with Crippen LogP contribution in [0.5, 0.6) is 0 Å². The molecule has 1 fully saturated rings. The Balaban J connectivity index is 1.37. The number of nitrogens with zero attached hydrogens (tertiary/aromatic N) is 2. The van der Waals surface area contributed by atoms with Crippen molar-refractivity contribution in [1.82, 2.24) is 15.2 Å². The van der Waals surface area contributed by atoms with Gasteiger partial charge in [-0.2, -0.15) is 0 Å². The molecule has 0 aliphatic heterocycles. The lowest BCUT2D eigenvalue weighted by molar-refractivity contribution is -0.116. The summed E-state index contributed by atoms with van der Waals surface area (Å²) in [6, 6.07) is 8.29. The molecule has 1 aliphatic carbocycles. The molecule has 1 amide bonds. The van der Waals surface area contributed by atoms with Gasteiger partial charge >= 0.3 is 0 Å². The number of aromatic nitrogens is 1. The number of hydrogen-bond acceptors (Lipinski definition) is 4. The average Bonchev–Trinajstić information content (AvgIpc) is 3.07. The molecule has 0 atom stereocenters. The van der Waals surface area contributed by atoms with Crippen LogP contribution in [0.1, 0.15) is 44.4 Å². The summed E-state index contributed by atoms with van der Waals surface area (Å²) in [4.78, 5) is 18.7. The molecule has 25 heavy (non-hydrogen) atoms. The predicted octanol–water partition coefficient (Wildman–Crippen LogP) is 3.61. The van der Waals surface area contributed by atoms with Crippen molar-refractivity contribution in [1.29, 1.82) is 0 Å². The molecule has 0 spiro atoms. The van der Waals surface area contributed by atoms with Crippen molar-refractivity contribution in [2.24, 2.45) is 0 Å². The molecule has 1 heterocycles. The van der Waals surface area contributed by atoms with Crippen LogP contribution in [0.15, 0.2) is 34.8 Å². The molecule has 1 aromatic carbocycles. The van der Waals surface area contributed by atoms with E-state index in [1.165, 1.54) is 38.2 Å². The smallest absolute Gasteiger partial charge is 0.244 e. The first-order valence-electron chi connectivity index (χ1n) is 9.24. The van der Waals surface area contributed by atoms with Gasteiger partial charge in [-0.25, -0.2) is 4.98 Å². The van der Waals surface area contributed by atoms with Gasteiger partial charge in [-0.05, 0) is 45.0 Å². The van der Waals surface area contributed by atoms with E-state index < -0.39 is 0 Å². The summed E-state index contributed by atoms with van der Waals surface area (Å²) in [6.45, 7) is 1.72. The van der Waals surface area contributed by atoms with Gasteiger partial charge in [0.15, 0.2) is 5.58 Å². The number of fused-ring (bicyclic) bond motifs is 1. The number of para-hydroxylation sites is 2. The summed E-state index contributed by atoms with van der Waals surface area (Å²) >= 11 is 0. The maximum absolute atomic E-state index is 11.9. The van der Waals surface area contributed by atoms with Gasteiger partial charge in [0.1, 0.15) is 5.52 Å². The van der Waals surface area contributed by atoms with Crippen LogP contribution in [0.4, 0.5) is 0 Å². The minimum absolute atomic E-state index is 0.109. The van der Waals surface area contributed by atoms with Crippen LogP contribution in [-0.4, -0.2) is 42.0 Å². The fourth-order valence-electron chi connectivity index (χ4n) is 3.41. The van der Waals surface area contributed by atoms with Crippen molar-refractivity contribution in [2.45, 2.75) is 44.6 Å². The molecular weight excluding hydrogens is 314 g/mol. The number of carbonyl (C=O) groups is 1. The predicted molar refractivity (Wildman–Crippen MR) is 100 cm³/mol.